The van der Waals surface area contributed by atoms with E-state index in [4.69, 9.17) is 4.74 Å². The van der Waals surface area contributed by atoms with Crippen molar-refractivity contribution in [2.75, 3.05) is 31.2 Å². The minimum atomic E-state index is 0.0345. The second kappa shape index (κ2) is 9.23. The van der Waals surface area contributed by atoms with Gasteiger partial charge in [0.25, 0.3) is 0 Å². The predicted molar refractivity (Wildman–Crippen MR) is 125 cm³/mol. The number of hydrogen-bond acceptors (Lipinski definition) is 3. The maximum atomic E-state index is 13.6. The zero-order chi connectivity index (χ0) is 21.4. The van der Waals surface area contributed by atoms with Crippen molar-refractivity contribution in [2.45, 2.75) is 83.2 Å². The first-order chi connectivity index (χ1) is 15.1. The van der Waals surface area contributed by atoms with Gasteiger partial charge in [0.1, 0.15) is 0 Å². The summed E-state index contributed by atoms with van der Waals surface area (Å²) in [6.07, 6.45) is 9.80. The molecule has 0 bridgehead atoms. The van der Waals surface area contributed by atoms with Crippen molar-refractivity contribution >= 4 is 11.6 Å². The lowest BCUT2D eigenvalue weighted by Crippen LogP contribution is -2.50. The molecule has 1 aromatic carbocycles. The van der Waals surface area contributed by atoms with Gasteiger partial charge in [0.15, 0.2) is 0 Å². The molecule has 2 atom stereocenters. The van der Waals surface area contributed by atoms with Crippen molar-refractivity contribution in [3.63, 3.8) is 0 Å². The molecule has 3 heterocycles. The molecule has 4 aliphatic rings. The smallest absolute Gasteiger partial charge is 0.234 e. The summed E-state index contributed by atoms with van der Waals surface area (Å²) in [5.41, 5.74) is 2.45. The number of carbonyl (C=O) groups excluding carboxylic acids is 1. The molecule has 5 rings (SSSR count). The highest BCUT2D eigenvalue weighted by Crippen LogP contribution is 2.44. The fourth-order valence-corrected chi connectivity index (χ4v) is 6.77. The standard InChI is InChI=1S/C27H40N2O2/c1-19(2)21-7-9-22(10-8-21)28-14-11-23(12-15-28)29-26-6-4-3-5-24(26)25(27(29)30)17-20-13-16-31-18-20/h3-6,19-23,25H,7-18H2,1-2H3. The number of anilines is 1. The van der Waals surface area contributed by atoms with E-state index in [0.717, 1.165) is 69.9 Å². The van der Waals surface area contributed by atoms with E-state index in [9.17, 15) is 4.79 Å². The summed E-state index contributed by atoms with van der Waals surface area (Å²) in [5.74, 6) is 2.67. The van der Waals surface area contributed by atoms with Crippen LogP contribution in [0.5, 0.6) is 0 Å². The molecule has 3 fully saturated rings. The van der Waals surface area contributed by atoms with Gasteiger partial charge in [-0.1, -0.05) is 32.0 Å². The van der Waals surface area contributed by atoms with E-state index in [1.807, 2.05) is 0 Å². The Bertz CT molecular complexity index is 756. The van der Waals surface area contributed by atoms with Crippen LogP contribution in [0.15, 0.2) is 24.3 Å². The number of nitrogens with zero attached hydrogens (tertiary/aromatic N) is 2. The van der Waals surface area contributed by atoms with Crippen LogP contribution in [0.25, 0.3) is 0 Å². The summed E-state index contributed by atoms with van der Waals surface area (Å²) in [4.78, 5) is 18.5. The lowest BCUT2D eigenvalue weighted by atomic mass is 9.79. The first kappa shape index (κ1) is 21.5. The average Bonchev–Trinajstić information content (AvgIpc) is 3.41. The molecule has 0 spiro atoms. The molecule has 2 unspecified atom stereocenters. The van der Waals surface area contributed by atoms with E-state index < -0.39 is 0 Å². The second-order valence-corrected chi connectivity index (χ2v) is 10.9. The number of para-hydroxylation sites is 1. The van der Waals surface area contributed by atoms with Crippen LogP contribution in [0.3, 0.4) is 0 Å². The Balaban J connectivity index is 1.22. The van der Waals surface area contributed by atoms with Crippen LogP contribution in [-0.2, 0) is 9.53 Å². The van der Waals surface area contributed by atoms with Crippen LogP contribution in [0.1, 0.15) is 76.7 Å². The van der Waals surface area contributed by atoms with Crippen LogP contribution in [0.4, 0.5) is 5.69 Å². The number of piperidine rings is 1. The molecule has 1 amide bonds. The molecule has 0 aromatic heterocycles. The first-order valence-corrected chi connectivity index (χ1v) is 12.9. The maximum Gasteiger partial charge on any atom is 0.234 e. The van der Waals surface area contributed by atoms with E-state index in [1.165, 1.54) is 36.9 Å². The normalized spacial score (nSPS) is 32.7. The first-order valence-electron chi connectivity index (χ1n) is 12.9. The van der Waals surface area contributed by atoms with Gasteiger partial charge in [-0.25, -0.2) is 0 Å². The molecule has 170 valence electrons. The molecule has 2 saturated heterocycles. The molecule has 0 N–H and O–H groups in total. The van der Waals surface area contributed by atoms with Crippen LogP contribution in [-0.4, -0.2) is 49.2 Å². The molecular formula is C27H40N2O2. The molecule has 0 radical (unpaired) electrons. The fraction of sp³-hybridized carbons (Fsp3) is 0.741. The number of carbonyl (C=O) groups is 1. The molecule has 1 aliphatic carbocycles. The Morgan fingerprint density at radius 1 is 0.968 bits per heavy atom. The highest BCUT2D eigenvalue weighted by Gasteiger charge is 2.43. The Morgan fingerprint density at radius 3 is 2.39 bits per heavy atom. The third-order valence-electron chi connectivity index (χ3n) is 8.77. The van der Waals surface area contributed by atoms with Gasteiger partial charge in [0.2, 0.25) is 5.91 Å². The zero-order valence-electron chi connectivity index (χ0n) is 19.5. The van der Waals surface area contributed by atoms with Gasteiger partial charge in [0.05, 0.1) is 5.92 Å². The van der Waals surface area contributed by atoms with Crippen molar-refractivity contribution in [3.8, 4) is 0 Å². The number of ether oxygens (including phenoxy) is 1. The molecule has 4 nitrogen and oxygen atoms in total. The maximum absolute atomic E-state index is 13.6. The zero-order valence-corrected chi connectivity index (χ0v) is 19.5. The molecular weight excluding hydrogens is 384 g/mol. The minimum Gasteiger partial charge on any atom is -0.381 e. The number of benzene rings is 1. The summed E-state index contributed by atoms with van der Waals surface area (Å²) in [7, 11) is 0. The largest absolute Gasteiger partial charge is 0.381 e. The van der Waals surface area contributed by atoms with Gasteiger partial charge >= 0.3 is 0 Å². The van der Waals surface area contributed by atoms with Gasteiger partial charge in [-0.05, 0) is 80.8 Å². The van der Waals surface area contributed by atoms with Gasteiger partial charge in [0, 0.05) is 44.1 Å². The topological polar surface area (TPSA) is 32.8 Å². The molecule has 1 aromatic rings. The van der Waals surface area contributed by atoms with Crippen molar-refractivity contribution in [2.24, 2.45) is 17.8 Å². The molecule has 1 saturated carbocycles. The van der Waals surface area contributed by atoms with Gasteiger partial charge in [-0.15, -0.1) is 0 Å². The molecule has 3 aliphatic heterocycles. The van der Waals surface area contributed by atoms with Gasteiger partial charge < -0.3 is 14.5 Å². The molecule has 4 heteroatoms. The average molecular weight is 425 g/mol. The van der Waals surface area contributed by atoms with E-state index in [1.54, 1.807) is 0 Å². The van der Waals surface area contributed by atoms with E-state index in [0.29, 0.717) is 17.9 Å². The predicted octanol–water partition coefficient (Wildman–Crippen LogP) is 5.22. The molecule has 31 heavy (non-hydrogen) atoms. The van der Waals surface area contributed by atoms with E-state index >= 15 is 0 Å². The number of fused-ring (bicyclic) bond motifs is 1. The summed E-state index contributed by atoms with van der Waals surface area (Å²) in [5, 5.41) is 0. The van der Waals surface area contributed by atoms with Crippen molar-refractivity contribution in [1.82, 2.24) is 4.90 Å². The quantitative estimate of drug-likeness (QED) is 0.649. The lowest BCUT2D eigenvalue weighted by molar-refractivity contribution is -0.120. The Kier molecular flexibility index (Phi) is 6.39. The van der Waals surface area contributed by atoms with E-state index in [2.05, 4.69) is 47.9 Å². The Labute approximate surface area is 188 Å². The van der Waals surface area contributed by atoms with Crippen molar-refractivity contribution in [1.29, 1.82) is 0 Å². The Morgan fingerprint density at radius 2 is 1.71 bits per heavy atom. The summed E-state index contributed by atoms with van der Waals surface area (Å²) >= 11 is 0. The number of amides is 1. The SMILES string of the molecule is CC(C)C1CCC(N2CCC(N3C(=O)C(CC4CCOC4)c4ccccc43)CC2)CC1. The lowest BCUT2D eigenvalue weighted by Gasteiger charge is -2.43. The van der Waals surface area contributed by atoms with Crippen LogP contribution in [0, 0.1) is 17.8 Å². The third-order valence-corrected chi connectivity index (χ3v) is 8.77. The number of hydrogen-bond donors (Lipinski definition) is 0. The van der Waals surface area contributed by atoms with Crippen LogP contribution >= 0.6 is 0 Å². The third kappa shape index (κ3) is 4.30. The van der Waals surface area contributed by atoms with Crippen LogP contribution < -0.4 is 4.90 Å². The minimum absolute atomic E-state index is 0.0345. The number of rotatable bonds is 5. The fourth-order valence-electron chi connectivity index (χ4n) is 6.77. The highest BCUT2D eigenvalue weighted by molar-refractivity contribution is 6.05. The summed E-state index contributed by atoms with van der Waals surface area (Å²) in [6, 6.07) is 9.70. The van der Waals surface area contributed by atoms with Crippen LogP contribution in [0.2, 0.25) is 0 Å². The van der Waals surface area contributed by atoms with E-state index in [-0.39, 0.29) is 5.92 Å². The van der Waals surface area contributed by atoms with Crippen molar-refractivity contribution < 1.29 is 9.53 Å². The van der Waals surface area contributed by atoms with Gasteiger partial charge in [-0.3, -0.25) is 4.79 Å². The number of likely N-dealkylation sites (tertiary alicyclic amines) is 1. The Hall–Kier alpha value is -1.39. The monoisotopic (exact) mass is 424 g/mol. The summed E-state index contributed by atoms with van der Waals surface area (Å²) < 4.78 is 5.59. The summed E-state index contributed by atoms with van der Waals surface area (Å²) in [6.45, 7) is 8.74. The second-order valence-electron chi connectivity index (χ2n) is 10.9. The van der Waals surface area contributed by atoms with Gasteiger partial charge in [-0.2, -0.15) is 0 Å². The van der Waals surface area contributed by atoms with Crippen molar-refractivity contribution in [3.05, 3.63) is 29.8 Å². The highest BCUT2D eigenvalue weighted by atomic mass is 16.5.